The predicted octanol–water partition coefficient (Wildman–Crippen LogP) is -0.451. The Morgan fingerprint density at radius 1 is 1.44 bits per heavy atom. The molecule has 0 spiro atoms. The van der Waals surface area contributed by atoms with Gasteiger partial charge in [0.25, 0.3) is 5.91 Å². The van der Waals surface area contributed by atoms with Crippen LogP contribution in [0.15, 0.2) is 24.3 Å². The van der Waals surface area contributed by atoms with E-state index >= 15 is 0 Å². The maximum Gasteiger partial charge on any atom is 0.279 e. The molecule has 1 aliphatic heterocycles. The molecule has 0 radical (unpaired) electrons. The Morgan fingerprint density at radius 3 is 2.94 bits per heavy atom. The van der Waals surface area contributed by atoms with Gasteiger partial charge in [-0.3, -0.25) is 4.79 Å². The summed E-state index contributed by atoms with van der Waals surface area (Å²) in [5.74, 6) is 0.770. The van der Waals surface area contributed by atoms with Gasteiger partial charge in [0.15, 0.2) is 6.54 Å². The summed E-state index contributed by atoms with van der Waals surface area (Å²) in [7, 11) is 1.61. The first kappa shape index (κ1) is 12.9. The minimum atomic E-state index is 0.0279. The number of nitrogens with one attached hydrogen (secondary N) is 2. The Labute approximate surface area is 107 Å². The summed E-state index contributed by atoms with van der Waals surface area (Å²) in [4.78, 5) is 13.1. The number of hydrogen-bond acceptors (Lipinski definition) is 3. The van der Waals surface area contributed by atoms with Gasteiger partial charge in [-0.2, -0.15) is 0 Å². The van der Waals surface area contributed by atoms with Gasteiger partial charge in [0.2, 0.25) is 0 Å². The molecule has 2 rings (SSSR count). The minimum Gasteiger partial charge on any atom is -0.497 e. The third kappa shape index (κ3) is 3.72. The van der Waals surface area contributed by atoms with E-state index in [0.29, 0.717) is 6.54 Å². The molecule has 1 fully saturated rings. The van der Waals surface area contributed by atoms with Crippen molar-refractivity contribution in [3.05, 3.63) is 24.3 Å². The first-order chi connectivity index (χ1) is 8.78. The summed E-state index contributed by atoms with van der Waals surface area (Å²) in [5.41, 5.74) is 0.770. The molecule has 1 saturated heterocycles. The molecule has 98 valence electrons. The molecule has 0 aromatic heterocycles. The number of anilines is 1. The zero-order chi connectivity index (χ0) is 12.8. The highest BCUT2D eigenvalue weighted by molar-refractivity contribution is 5.91. The van der Waals surface area contributed by atoms with Gasteiger partial charge in [-0.05, 0) is 12.1 Å². The monoisotopic (exact) mass is 251 g/mol. The number of carbonyl (C=O) groups excluding carboxylic acids is 1. The molecule has 1 heterocycles. The molecule has 0 atom stereocenters. The van der Waals surface area contributed by atoms with Crippen molar-refractivity contribution >= 4 is 11.6 Å². The summed E-state index contributed by atoms with van der Waals surface area (Å²) in [6.45, 7) is 3.75. The number of amides is 1. The molecular formula is C13H19N2O3+. The van der Waals surface area contributed by atoms with E-state index in [1.807, 2.05) is 24.3 Å². The topological polar surface area (TPSA) is 52.0 Å². The van der Waals surface area contributed by atoms with Crippen molar-refractivity contribution in [2.45, 2.75) is 0 Å². The molecule has 1 aromatic rings. The van der Waals surface area contributed by atoms with Crippen molar-refractivity contribution in [1.29, 1.82) is 0 Å². The summed E-state index contributed by atoms with van der Waals surface area (Å²) in [6, 6.07) is 7.38. The van der Waals surface area contributed by atoms with Crippen molar-refractivity contribution in [1.82, 2.24) is 0 Å². The first-order valence-corrected chi connectivity index (χ1v) is 6.13. The van der Waals surface area contributed by atoms with Gasteiger partial charge in [-0.25, -0.2) is 0 Å². The van der Waals surface area contributed by atoms with Crippen LogP contribution >= 0.6 is 0 Å². The smallest absolute Gasteiger partial charge is 0.279 e. The van der Waals surface area contributed by atoms with Gasteiger partial charge in [0.1, 0.15) is 18.8 Å². The number of methoxy groups -OCH3 is 1. The fraction of sp³-hybridized carbons (Fsp3) is 0.462. The van der Waals surface area contributed by atoms with E-state index in [9.17, 15) is 4.79 Å². The average Bonchev–Trinajstić information content (AvgIpc) is 2.40. The number of ether oxygens (including phenoxy) is 2. The Morgan fingerprint density at radius 2 is 2.22 bits per heavy atom. The third-order valence-electron chi connectivity index (χ3n) is 2.96. The second-order valence-electron chi connectivity index (χ2n) is 4.32. The van der Waals surface area contributed by atoms with Crippen molar-refractivity contribution in [3.63, 3.8) is 0 Å². The molecule has 1 aliphatic rings. The quantitative estimate of drug-likeness (QED) is 0.762. The van der Waals surface area contributed by atoms with E-state index in [4.69, 9.17) is 9.47 Å². The van der Waals surface area contributed by atoms with Gasteiger partial charge in [0.05, 0.1) is 20.3 Å². The lowest BCUT2D eigenvalue weighted by Crippen LogP contribution is -3.15. The highest BCUT2D eigenvalue weighted by Gasteiger charge is 2.17. The lowest BCUT2D eigenvalue weighted by atomic mass is 10.3. The molecule has 1 amide bonds. The molecule has 2 N–H and O–H groups in total. The van der Waals surface area contributed by atoms with Gasteiger partial charge in [0, 0.05) is 11.8 Å². The largest absolute Gasteiger partial charge is 0.497 e. The van der Waals surface area contributed by atoms with Crippen LogP contribution < -0.4 is 15.0 Å². The van der Waals surface area contributed by atoms with Gasteiger partial charge < -0.3 is 19.7 Å². The summed E-state index contributed by atoms with van der Waals surface area (Å²) >= 11 is 0. The van der Waals surface area contributed by atoms with Crippen LogP contribution in [0.1, 0.15) is 0 Å². The van der Waals surface area contributed by atoms with Crippen LogP contribution in [-0.2, 0) is 9.53 Å². The van der Waals surface area contributed by atoms with Crippen LogP contribution in [0.3, 0.4) is 0 Å². The highest BCUT2D eigenvalue weighted by atomic mass is 16.5. The number of rotatable bonds is 4. The molecule has 0 saturated carbocycles. The lowest BCUT2D eigenvalue weighted by molar-refractivity contribution is -0.899. The first-order valence-electron chi connectivity index (χ1n) is 6.13. The maximum absolute atomic E-state index is 11.9. The molecule has 0 unspecified atom stereocenters. The van der Waals surface area contributed by atoms with Crippen LogP contribution in [-0.4, -0.2) is 45.9 Å². The number of hydrogen-bond donors (Lipinski definition) is 2. The molecule has 0 aliphatic carbocycles. The van der Waals surface area contributed by atoms with Gasteiger partial charge in [-0.1, -0.05) is 6.07 Å². The minimum absolute atomic E-state index is 0.0279. The van der Waals surface area contributed by atoms with Crippen molar-refractivity contribution < 1.29 is 19.2 Å². The number of quaternary nitrogens is 1. The number of carbonyl (C=O) groups is 1. The third-order valence-corrected chi connectivity index (χ3v) is 2.96. The zero-order valence-corrected chi connectivity index (χ0v) is 10.6. The van der Waals surface area contributed by atoms with E-state index < -0.39 is 0 Å². The summed E-state index contributed by atoms with van der Waals surface area (Å²) in [6.07, 6.45) is 0. The molecular weight excluding hydrogens is 232 g/mol. The molecule has 0 bridgehead atoms. The molecule has 18 heavy (non-hydrogen) atoms. The fourth-order valence-electron chi connectivity index (χ4n) is 1.97. The highest BCUT2D eigenvalue weighted by Crippen LogP contribution is 2.16. The summed E-state index contributed by atoms with van der Waals surface area (Å²) in [5, 5.41) is 2.88. The Kier molecular flexibility index (Phi) is 4.55. The van der Waals surface area contributed by atoms with E-state index in [1.54, 1.807) is 7.11 Å². The van der Waals surface area contributed by atoms with Crippen molar-refractivity contribution in [2.24, 2.45) is 0 Å². The van der Waals surface area contributed by atoms with Crippen LogP contribution in [0.25, 0.3) is 0 Å². The number of morpholine rings is 1. The fourth-order valence-corrected chi connectivity index (χ4v) is 1.97. The van der Waals surface area contributed by atoms with Gasteiger partial charge in [-0.15, -0.1) is 0 Å². The standard InChI is InChI=1S/C13H18N2O3/c1-17-12-4-2-3-11(9-12)14-13(16)10-15-5-7-18-8-6-15/h2-4,9H,5-8,10H2,1H3,(H,14,16)/p+1. The zero-order valence-electron chi connectivity index (χ0n) is 10.6. The van der Waals surface area contributed by atoms with E-state index in [0.717, 1.165) is 37.7 Å². The van der Waals surface area contributed by atoms with Gasteiger partial charge >= 0.3 is 0 Å². The van der Waals surface area contributed by atoms with Crippen LogP contribution in [0.4, 0.5) is 5.69 Å². The summed E-state index contributed by atoms with van der Waals surface area (Å²) < 4.78 is 10.4. The second kappa shape index (κ2) is 6.37. The van der Waals surface area contributed by atoms with E-state index in [-0.39, 0.29) is 5.91 Å². The van der Waals surface area contributed by atoms with E-state index in [2.05, 4.69) is 5.32 Å². The maximum atomic E-state index is 11.9. The van der Waals surface area contributed by atoms with E-state index in [1.165, 1.54) is 4.90 Å². The Bertz CT molecular complexity index is 403. The number of benzene rings is 1. The Balaban J connectivity index is 1.85. The van der Waals surface area contributed by atoms with Crippen LogP contribution in [0, 0.1) is 0 Å². The average molecular weight is 251 g/mol. The second-order valence-corrected chi connectivity index (χ2v) is 4.32. The van der Waals surface area contributed by atoms with Crippen molar-refractivity contribution in [2.75, 3.05) is 45.3 Å². The Hall–Kier alpha value is -1.59. The SMILES string of the molecule is COc1cccc(NC(=O)C[NH+]2CCOCC2)c1. The molecule has 5 nitrogen and oxygen atoms in total. The van der Waals surface area contributed by atoms with Crippen LogP contribution in [0.2, 0.25) is 0 Å². The lowest BCUT2D eigenvalue weighted by Gasteiger charge is -2.23. The van der Waals surface area contributed by atoms with Crippen LogP contribution in [0.5, 0.6) is 5.75 Å². The molecule has 5 heteroatoms. The normalized spacial score (nSPS) is 16.3. The predicted molar refractivity (Wildman–Crippen MR) is 68.0 cm³/mol. The van der Waals surface area contributed by atoms with Crippen molar-refractivity contribution in [3.8, 4) is 5.75 Å². The molecule has 1 aromatic carbocycles.